The van der Waals surface area contributed by atoms with E-state index in [-0.39, 0.29) is 11.2 Å². The van der Waals surface area contributed by atoms with Crippen molar-refractivity contribution in [2.75, 3.05) is 5.75 Å². The van der Waals surface area contributed by atoms with E-state index in [9.17, 15) is 13.0 Å². The molecular formula is C34H35O3S-. The van der Waals surface area contributed by atoms with Crippen molar-refractivity contribution in [3.05, 3.63) is 108 Å². The zero-order valence-electron chi connectivity index (χ0n) is 22.0. The van der Waals surface area contributed by atoms with E-state index < -0.39 is 10.1 Å². The second-order valence-electron chi connectivity index (χ2n) is 10.5. The summed E-state index contributed by atoms with van der Waals surface area (Å²) in [6.45, 7) is 2.23. The van der Waals surface area contributed by atoms with E-state index >= 15 is 0 Å². The lowest BCUT2D eigenvalue weighted by Crippen LogP contribution is -2.26. The second kappa shape index (κ2) is 11.3. The topological polar surface area (TPSA) is 57.2 Å². The highest BCUT2D eigenvalue weighted by Gasteiger charge is 2.42. The number of benzene rings is 4. The van der Waals surface area contributed by atoms with Crippen LogP contribution in [0.25, 0.3) is 33.4 Å². The molecule has 0 unspecified atom stereocenters. The molecule has 0 amide bonds. The van der Waals surface area contributed by atoms with Crippen molar-refractivity contribution in [3.8, 4) is 33.4 Å². The van der Waals surface area contributed by atoms with E-state index in [0.717, 1.165) is 32.1 Å². The molecule has 4 aromatic carbocycles. The van der Waals surface area contributed by atoms with Crippen LogP contribution in [0.1, 0.15) is 63.0 Å². The Morgan fingerprint density at radius 2 is 1.08 bits per heavy atom. The van der Waals surface area contributed by atoms with Gasteiger partial charge in [0, 0.05) is 11.2 Å². The SMILES string of the molecule is CCCCCC1(CCCCS(=O)(=O)[O-])c2cc(-c3ccccc3)ccc2-c2ccc(-c3ccccc3)cc21. The zero-order chi connectivity index (χ0) is 26.6. The predicted octanol–water partition coefficient (Wildman–Crippen LogP) is 8.58. The fourth-order valence-corrected chi connectivity index (χ4v) is 6.72. The Balaban J connectivity index is 1.65. The average molecular weight is 524 g/mol. The quantitative estimate of drug-likeness (QED) is 0.146. The zero-order valence-corrected chi connectivity index (χ0v) is 22.8. The Bertz CT molecular complexity index is 1400. The van der Waals surface area contributed by atoms with Gasteiger partial charge in [-0.2, -0.15) is 0 Å². The molecule has 1 aliphatic carbocycles. The molecule has 1 aliphatic rings. The molecule has 0 fully saturated rings. The molecule has 0 radical (unpaired) electrons. The van der Waals surface area contributed by atoms with Gasteiger partial charge in [-0.3, -0.25) is 0 Å². The molecular weight excluding hydrogens is 488 g/mol. The molecule has 0 saturated carbocycles. The standard InChI is InChI=1S/C34H36O3S/c1-2-3-10-21-34(22-11-12-23-38(35,36)37)32-24-28(26-13-6-4-7-14-26)17-19-30(32)31-20-18-29(25-33(31)34)27-15-8-5-9-16-27/h4-9,13-20,24-25H,2-3,10-12,21-23H2,1H3,(H,35,36,37)/p-1. The van der Waals surface area contributed by atoms with Gasteiger partial charge in [-0.1, -0.05) is 118 Å². The lowest BCUT2D eigenvalue weighted by molar-refractivity contribution is 0.406. The summed E-state index contributed by atoms with van der Waals surface area (Å²) in [7, 11) is -4.22. The van der Waals surface area contributed by atoms with Gasteiger partial charge >= 0.3 is 0 Å². The van der Waals surface area contributed by atoms with Gasteiger partial charge in [-0.05, 0) is 75.9 Å². The molecule has 0 saturated heterocycles. The number of hydrogen-bond donors (Lipinski definition) is 0. The Morgan fingerprint density at radius 3 is 1.53 bits per heavy atom. The summed E-state index contributed by atoms with van der Waals surface area (Å²) in [5.74, 6) is -0.300. The molecule has 5 rings (SSSR count). The van der Waals surface area contributed by atoms with Crippen LogP contribution in [0.2, 0.25) is 0 Å². The van der Waals surface area contributed by atoms with E-state index in [2.05, 4.69) is 91.9 Å². The molecule has 3 nitrogen and oxygen atoms in total. The third-order valence-corrected chi connectivity index (χ3v) is 8.82. The number of hydrogen-bond acceptors (Lipinski definition) is 3. The molecule has 0 bridgehead atoms. The Morgan fingerprint density at radius 1 is 0.605 bits per heavy atom. The normalized spacial score (nSPS) is 13.7. The monoisotopic (exact) mass is 523 g/mol. The van der Waals surface area contributed by atoms with Gasteiger partial charge in [-0.25, -0.2) is 8.42 Å². The highest BCUT2D eigenvalue weighted by Crippen LogP contribution is 2.55. The molecule has 38 heavy (non-hydrogen) atoms. The first-order chi connectivity index (χ1) is 18.4. The smallest absolute Gasteiger partial charge is 0.0945 e. The number of rotatable bonds is 11. The first-order valence-electron chi connectivity index (χ1n) is 13.8. The van der Waals surface area contributed by atoms with Gasteiger partial charge in [0.1, 0.15) is 0 Å². The fraction of sp³-hybridized carbons (Fsp3) is 0.294. The van der Waals surface area contributed by atoms with E-state index in [4.69, 9.17) is 0 Å². The molecule has 0 spiro atoms. The van der Waals surface area contributed by atoms with Crippen LogP contribution in [-0.2, 0) is 15.5 Å². The summed E-state index contributed by atoms with van der Waals surface area (Å²) in [4.78, 5) is 0. The minimum Gasteiger partial charge on any atom is -0.748 e. The van der Waals surface area contributed by atoms with Crippen molar-refractivity contribution in [2.24, 2.45) is 0 Å². The van der Waals surface area contributed by atoms with E-state index in [1.54, 1.807) is 0 Å². The second-order valence-corrected chi connectivity index (χ2v) is 12.0. The van der Waals surface area contributed by atoms with Gasteiger partial charge in [0.25, 0.3) is 0 Å². The molecule has 0 aliphatic heterocycles. The summed E-state index contributed by atoms with van der Waals surface area (Å²) in [5.41, 5.74) is 9.76. The molecule has 0 heterocycles. The Hall–Kier alpha value is -3.21. The fourth-order valence-electron chi connectivity index (χ4n) is 6.16. The molecule has 0 aromatic heterocycles. The first-order valence-corrected chi connectivity index (χ1v) is 15.3. The first kappa shape index (κ1) is 26.4. The highest BCUT2D eigenvalue weighted by molar-refractivity contribution is 7.85. The molecule has 0 atom stereocenters. The summed E-state index contributed by atoms with van der Waals surface area (Å²) in [6, 6.07) is 34.6. The number of unbranched alkanes of at least 4 members (excludes halogenated alkanes) is 3. The van der Waals surface area contributed by atoms with Crippen LogP contribution in [-0.4, -0.2) is 18.7 Å². The van der Waals surface area contributed by atoms with Crippen molar-refractivity contribution >= 4 is 10.1 Å². The van der Waals surface area contributed by atoms with Gasteiger partial charge in [0.2, 0.25) is 0 Å². The van der Waals surface area contributed by atoms with Crippen molar-refractivity contribution in [3.63, 3.8) is 0 Å². The third kappa shape index (κ3) is 5.48. The largest absolute Gasteiger partial charge is 0.748 e. The van der Waals surface area contributed by atoms with Gasteiger partial charge in [0.15, 0.2) is 0 Å². The molecule has 4 heteroatoms. The van der Waals surface area contributed by atoms with Crippen LogP contribution in [0.4, 0.5) is 0 Å². The van der Waals surface area contributed by atoms with E-state index in [1.807, 2.05) is 12.1 Å². The lowest BCUT2D eigenvalue weighted by atomic mass is 9.70. The number of fused-ring (bicyclic) bond motifs is 3. The Kier molecular flexibility index (Phi) is 7.83. The van der Waals surface area contributed by atoms with E-state index in [0.29, 0.717) is 12.8 Å². The average Bonchev–Trinajstić information content (AvgIpc) is 3.20. The third-order valence-electron chi connectivity index (χ3n) is 8.03. The van der Waals surface area contributed by atoms with Crippen LogP contribution in [0.5, 0.6) is 0 Å². The van der Waals surface area contributed by atoms with Gasteiger partial charge in [-0.15, -0.1) is 0 Å². The lowest BCUT2D eigenvalue weighted by Gasteiger charge is -2.33. The highest BCUT2D eigenvalue weighted by atomic mass is 32.2. The van der Waals surface area contributed by atoms with Crippen molar-refractivity contribution in [1.82, 2.24) is 0 Å². The minimum atomic E-state index is -4.22. The maximum Gasteiger partial charge on any atom is 0.0945 e. The van der Waals surface area contributed by atoms with Crippen LogP contribution in [0, 0.1) is 0 Å². The summed E-state index contributed by atoms with van der Waals surface area (Å²) in [5, 5.41) is 0. The van der Waals surface area contributed by atoms with E-state index in [1.165, 1.54) is 44.5 Å². The summed E-state index contributed by atoms with van der Waals surface area (Å²) < 4.78 is 34.1. The predicted molar refractivity (Wildman–Crippen MR) is 156 cm³/mol. The maximum atomic E-state index is 11.4. The molecule has 4 aromatic rings. The van der Waals surface area contributed by atoms with Gasteiger partial charge < -0.3 is 4.55 Å². The molecule has 0 N–H and O–H groups in total. The van der Waals surface area contributed by atoms with Crippen molar-refractivity contribution in [1.29, 1.82) is 0 Å². The summed E-state index contributed by atoms with van der Waals surface area (Å²) in [6.07, 6.45) is 6.29. The molecule has 196 valence electrons. The van der Waals surface area contributed by atoms with Crippen LogP contribution in [0.15, 0.2) is 97.1 Å². The Labute approximate surface area is 227 Å². The maximum absolute atomic E-state index is 11.4. The summed E-state index contributed by atoms with van der Waals surface area (Å²) >= 11 is 0. The van der Waals surface area contributed by atoms with Crippen LogP contribution < -0.4 is 0 Å². The van der Waals surface area contributed by atoms with Crippen LogP contribution in [0.3, 0.4) is 0 Å². The minimum absolute atomic E-state index is 0.220. The van der Waals surface area contributed by atoms with Crippen molar-refractivity contribution < 1.29 is 13.0 Å². The van der Waals surface area contributed by atoms with Gasteiger partial charge in [0.05, 0.1) is 10.1 Å². The van der Waals surface area contributed by atoms with Crippen LogP contribution >= 0.6 is 0 Å². The van der Waals surface area contributed by atoms with Crippen molar-refractivity contribution in [2.45, 2.75) is 57.3 Å².